The van der Waals surface area contributed by atoms with E-state index in [-0.39, 0.29) is 5.41 Å². The van der Waals surface area contributed by atoms with Crippen molar-refractivity contribution in [1.29, 1.82) is 0 Å². The number of halogens is 3. The Labute approximate surface area is 165 Å². The summed E-state index contributed by atoms with van der Waals surface area (Å²) in [6.45, 7) is 12.1. The Balaban J connectivity index is 2.68. The zero-order valence-corrected chi connectivity index (χ0v) is 18.3. The van der Waals surface area contributed by atoms with Gasteiger partial charge in [-0.25, -0.2) is 8.78 Å². The van der Waals surface area contributed by atoms with Crippen molar-refractivity contribution in [1.82, 2.24) is 4.57 Å². The topological polar surface area (TPSA) is 40.3 Å². The van der Waals surface area contributed by atoms with Crippen LogP contribution in [0.3, 0.4) is 0 Å². The van der Waals surface area contributed by atoms with E-state index < -0.39 is 28.2 Å². The average molecular weight is 447 g/mol. The largest absolute Gasteiger partial charge is 0.591 e. The van der Waals surface area contributed by atoms with Crippen molar-refractivity contribution in [3.05, 3.63) is 34.4 Å². The van der Waals surface area contributed by atoms with Crippen molar-refractivity contribution in [2.24, 2.45) is 9.81 Å². The third-order valence-corrected chi connectivity index (χ3v) is 5.58. The molecule has 1 heterocycles. The number of fused-ring (bicyclic) bond motifs is 1. The van der Waals surface area contributed by atoms with Crippen molar-refractivity contribution in [3.63, 3.8) is 0 Å². The van der Waals surface area contributed by atoms with E-state index in [2.05, 4.69) is 41.1 Å². The fourth-order valence-corrected chi connectivity index (χ4v) is 3.52. The summed E-state index contributed by atoms with van der Waals surface area (Å²) < 4.78 is 46.0. The van der Waals surface area contributed by atoms with Crippen LogP contribution in [0.2, 0.25) is 0 Å². The summed E-state index contributed by atoms with van der Waals surface area (Å²) in [5, 5.41) is 0.683. The highest BCUT2D eigenvalue weighted by molar-refractivity contribution is 9.10. The highest BCUT2D eigenvalue weighted by Crippen LogP contribution is 2.30. The predicted molar refractivity (Wildman–Crippen MR) is 110 cm³/mol. The predicted octanol–water partition coefficient (Wildman–Crippen LogP) is 5.97. The Morgan fingerprint density at radius 1 is 1.23 bits per heavy atom. The van der Waals surface area contributed by atoms with Gasteiger partial charge in [0.25, 0.3) is 6.43 Å². The summed E-state index contributed by atoms with van der Waals surface area (Å²) in [6.07, 6.45) is -1.11. The molecule has 1 unspecified atom stereocenters. The van der Waals surface area contributed by atoms with Gasteiger partial charge in [-0.2, -0.15) is 0 Å². The summed E-state index contributed by atoms with van der Waals surface area (Å²) in [6, 6.07) is 5.53. The lowest BCUT2D eigenvalue weighted by Crippen LogP contribution is -2.28. The summed E-state index contributed by atoms with van der Waals surface area (Å²) in [5.74, 6) is 0. The molecule has 0 spiro atoms. The van der Waals surface area contributed by atoms with Crippen molar-refractivity contribution < 1.29 is 13.3 Å². The second kappa shape index (κ2) is 7.60. The van der Waals surface area contributed by atoms with E-state index in [0.29, 0.717) is 17.5 Å². The molecule has 3 nitrogen and oxygen atoms in total. The molecule has 0 saturated carbocycles. The van der Waals surface area contributed by atoms with Crippen LogP contribution in [0.1, 0.15) is 47.1 Å². The molecule has 0 aliphatic heterocycles. The van der Waals surface area contributed by atoms with Crippen LogP contribution in [0.15, 0.2) is 33.3 Å². The van der Waals surface area contributed by atoms with Gasteiger partial charge in [-0.15, -0.1) is 0 Å². The number of hydrogen-bond acceptors (Lipinski definition) is 2. The maximum absolute atomic E-state index is 13.8. The van der Waals surface area contributed by atoms with E-state index in [4.69, 9.17) is 0 Å². The molecule has 1 aromatic carbocycles. The maximum Gasteiger partial charge on any atom is 0.285 e. The number of rotatable bonds is 4. The normalized spacial score (nSPS) is 15.1. The molecule has 0 fully saturated rings. The Morgan fingerprint density at radius 2 is 1.85 bits per heavy atom. The minimum absolute atomic E-state index is 0.0259. The zero-order chi connectivity index (χ0) is 19.9. The SMILES string of the molecule is CC(C)(C)Cn1cc(C(=N[S+]([O-])C(C)(C)C)C(F)F)c2ccc(Br)cc21. The van der Waals surface area contributed by atoms with E-state index in [1.165, 1.54) is 0 Å². The second-order valence-corrected chi connectivity index (χ2v) is 11.4. The summed E-state index contributed by atoms with van der Waals surface area (Å²) >= 11 is 1.69. The smallest absolute Gasteiger partial charge is 0.285 e. The third-order valence-electron chi connectivity index (χ3n) is 3.68. The van der Waals surface area contributed by atoms with Crippen molar-refractivity contribution in [3.8, 4) is 0 Å². The van der Waals surface area contributed by atoms with Crippen molar-refractivity contribution >= 4 is 43.9 Å². The molecular weight excluding hydrogens is 422 g/mol. The van der Waals surface area contributed by atoms with Gasteiger partial charge in [-0.1, -0.05) is 47.2 Å². The highest BCUT2D eigenvalue weighted by atomic mass is 79.9. The fraction of sp³-hybridized carbons (Fsp3) is 0.526. The van der Waals surface area contributed by atoms with Crippen LogP contribution in [-0.2, 0) is 17.9 Å². The van der Waals surface area contributed by atoms with E-state index in [9.17, 15) is 13.3 Å². The van der Waals surface area contributed by atoms with Crippen molar-refractivity contribution in [2.75, 3.05) is 0 Å². The lowest BCUT2D eigenvalue weighted by molar-refractivity contribution is 0.226. The molecule has 0 aliphatic carbocycles. The van der Waals surface area contributed by atoms with Gasteiger partial charge in [0.15, 0.2) is 5.71 Å². The van der Waals surface area contributed by atoms with Gasteiger partial charge in [0, 0.05) is 33.7 Å². The fourth-order valence-electron chi connectivity index (χ4n) is 2.54. The molecule has 0 radical (unpaired) electrons. The molecule has 26 heavy (non-hydrogen) atoms. The molecule has 0 bridgehead atoms. The zero-order valence-electron chi connectivity index (χ0n) is 15.9. The van der Waals surface area contributed by atoms with Crippen LogP contribution in [0, 0.1) is 5.41 Å². The monoisotopic (exact) mass is 446 g/mol. The van der Waals surface area contributed by atoms with E-state index in [0.717, 1.165) is 9.99 Å². The van der Waals surface area contributed by atoms with Gasteiger partial charge in [0.05, 0.1) is 0 Å². The Morgan fingerprint density at radius 3 is 2.35 bits per heavy atom. The lowest BCUT2D eigenvalue weighted by Gasteiger charge is -2.20. The van der Waals surface area contributed by atoms with Gasteiger partial charge in [0.2, 0.25) is 0 Å². The summed E-state index contributed by atoms with van der Waals surface area (Å²) in [4.78, 5) is 0. The van der Waals surface area contributed by atoms with Gasteiger partial charge < -0.3 is 9.12 Å². The number of alkyl halides is 2. The van der Waals surface area contributed by atoms with Crippen LogP contribution in [-0.4, -0.2) is 26.0 Å². The molecular formula is C19H25BrF2N2OS. The first kappa shape index (κ1) is 21.4. The molecule has 1 atom stereocenters. The van der Waals surface area contributed by atoms with Crippen molar-refractivity contribution in [2.45, 2.75) is 59.3 Å². The standard InChI is InChI=1S/C19H25BrF2N2OS/c1-18(2,3)11-24-10-14(13-8-7-12(20)9-15(13)24)16(17(21)22)23-26(25)19(4,5)6/h7-10,17H,11H2,1-6H3. The van der Waals surface area contributed by atoms with E-state index in [1.54, 1.807) is 33.0 Å². The number of hydrogen-bond donors (Lipinski definition) is 0. The van der Waals surface area contributed by atoms with Crippen LogP contribution in [0.5, 0.6) is 0 Å². The van der Waals surface area contributed by atoms with Gasteiger partial charge in [0.1, 0.15) is 16.1 Å². The Kier molecular flexibility index (Phi) is 6.25. The minimum atomic E-state index is -2.81. The first-order chi connectivity index (χ1) is 11.8. The van der Waals surface area contributed by atoms with Crippen LogP contribution >= 0.6 is 15.9 Å². The maximum atomic E-state index is 13.8. The molecule has 0 aliphatic rings. The van der Waals surface area contributed by atoms with Gasteiger partial charge in [-0.3, -0.25) is 0 Å². The molecule has 0 N–H and O–H groups in total. The van der Waals surface area contributed by atoms with Gasteiger partial charge >= 0.3 is 0 Å². The molecule has 0 amide bonds. The molecule has 2 aromatic rings. The molecule has 2 rings (SSSR count). The summed E-state index contributed by atoms with van der Waals surface area (Å²) in [5.41, 5.74) is 0.740. The first-order valence-electron chi connectivity index (χ1n) is 8.37. The number of aromatic nitrogens is 1. The highest BCUT2D eigenvalue weighted by Gasteiger charge is 2.31. The number of nitrogens with zero attached hydrogens (tertiary/aromatic N) is 2. The third kappa shape index (κ3) is 5.08. The second-order valence-electron chi connectivity index (χ2n) is 8.53. The molecule has 0 saturated heterocycles. The minimum Gasteiger partial charge on any atom is -0.591 e. The van der Waals surface area contributed by atoms with Crippen LogP contribution in [0.25, 0.3) is 10.9 Å². The quantitative estimate of drug-likeness (QED) is 0.421. The number of benzene rings is 1. The average Bonchev–Trinajstić information content (AvgIpc) is 2.79. The van der Waals surface area contributed by atoms with Crippen LogP contribution in [0.4, 0.5) is 8.78 Å². The first-order valence-corrected chi connectivity index (χ1v) is 10.3. The Bertz CT molecular complexity index is 819. The lowest BCUT2D eigenvalue weighted by atomic mass is 9.97. The molecule has 1 aromatic heterocycles. The summed E-state index contributed by atoms with van der Waals surface area (Å²) in [7, 11) is 0. The Hall–Kier alpha value is -0.920. The van der Waals surface area contributed by atoms with Gasteiger partial charge in [-0.05, 0) is 38.3 Å². The molecule has 144 valence electrons. The van der Waals surface area contributed by atoms with E-state index >= 15 is 0 Å². The van der Waals surface area contributed by atoms with E-state index in [1.807, 2.05) is 16.7 Å². The molecule has 7 heteroatoms. The van der Waals surface area contributed by atoms with Crippen LogP contribution < -0.4 is 0 Å².